The number of hydrogen-bond donors (Lipinski definition) is 0. The number of nitrogens with zero attached hydrogens (tertiary/aromatic N) is 3. The van der Waals surface area contributed by atoms with Gasteiger partial charge in [0.15, 0.2) is 0 Å². The maximum atomic E-state index is 13.1. The molecule has 0 aliphatic rings. The van der Waals surface area contributed by atoms with Crippen LogP contribution in [0.15, 0.2) is 65.5 Å². The molecule has 0 saturated carbocycles. The highest BCUT2D eigenvalue weighted by Gasteiger charge is 2.17. The van der Waals surface area contributed by atoms with Crippen molar-refractivity contribution in [2.45, 2.75) is 20.0 Å². The Morgan fingerprint density at radius 1 is 1.03 bits per heavy atom. The van der Waals surface area contributed by atoms with Crippen molar-refractivity contribution in [1.82, 2.24) is 14.6 Å². The molecule has 0 saturated heterocycles. The number of esters is 1. The molecule has 5 aromatic rings. The molecule has 0 bridgehead atoms. The summed E-state index contributed by atoms with van der Waals surface area (Å²) in [4.78, 5) is 30.4. The third-order valence-corrected chi connectivity index (χ3v) is 6.02. The Hall–Kier alpha value is -3.58. The summed E-state index contributed by atoms with van der Waals surface area (Å²) in [7, 11) is 0. The van der Waals surface area contributed by atoms with Gasteiger partial charge in [0, 0.05) is 6.07 Å². The molecule has 0 aliphatic carbocycles. The van der Waals surface area contributed by atoms with Gasteiger partial charge in [-0.3, -0.25) is 4.79 Å². The molecule has 148 valence electrons. The van der Waals surface area contributed by atoms with Gasteiger partial charge in [-0.2, -0.15) is 9.61 Å². The van der Waals surface area contributed by atoms with Crippen LogP contribution in [0.2, 0.25) is 0 Å². The lowest BCUT2D eigenvalue weighted by atomic mass is 9.97. The van der Waals surface area contributed by atoms with Gasteiger partial charge in [0.05, 0.1) is 11.3 Å². The van der Waals surface area contributed by atoms with Crippen LogP contribution in [-0.4, -0.2) is 20.6 Å². The van der Waals surface area contributed by atoms with Crippen LogP contribution in [0.1, 0.15) is 28.0 Å². The van der Waals surface area contributed by atoms with Crippen molar-refractivity contribution in [1.29, 1.82) is 0 Å². The Bertz CT molecular complexity index is 1430. The van der Waals surface area contributed by atoms with Crippen molar-refractivity contribution in [2.75, 3.05) is 0 Å². The Labute approximate surface area is 175 Å². The number of carbonyl (C=O) groups is 1. The van der Waals surface area contributed by atoms with Gasteiger partial charge < -0.3 is 4.74 Å². The van der Waals surface area contributed by atoms with E-state index in [9.17, 15) is 9.59 Å². The first-order valence-electron chi connectivity index (χ1n) is 9.60. The summed E-state index contributed by atoms with van der Waals surface area (Å²) in [6.07, 6.45) is 0.728. The molecule has 30 heavy (non-hydrogen) atoms. The lowest BCUT2D eigenvalue weighted by molar-refractivity contribution is 0.0472. The number of hydrogen-bond acceptors (Lipinski definition) is 6. The van der Waals surface area contributed by atoms with Crippen LogP contribution >= 0.6 is 11.3 Å². The fourth-order valence-corrected chi connectivity index (χ4v) is 4.42. The van der Waals surface area contributed by atoms with Gasteiger partial charge in [0.2, 0.25) is 4.96 Å². The Morgan fingerprint density at radius 3 is 2.37 bits per heavy atom. The standard InChI is InChI=1S/C23H17N3O3S/c1-2-19-25-26-20(27)12-16(24-23(26)30-19)13-29-22(28)21-17-9-5-3-7-14(17)11-15-8-4-6-10-18(15)21/h3-12H,2,13H2,1H3. The van der Waals surface area contributed by atoms with Crippen LogP contribution in [-0.2, 0) is 17.8 Å². The fourth-order valence-electron chi connectivity index (χ4n) is 3.56. The molecular weight excluding hydrogens is 398 g/mol. The van der Waals surface area contributed by atoms with Crippen LogP contribution in [0, 0.1) is 0 Å². The number of benzene rings is 3. The first kappa shape index (κ1) is 18.4. The molecule has 0 aliphatic heterocycles. The molecule has 0 N–H and O–H groups in total. The highest BCUT2D eigenvalue weighted by atomic mass is 32.1. The van der Waals surface area contributed by atoms with Gasteiger partial charge >= 0.3 is 5.97 Å². The van der Waals surface area contributed by atoms with E-state index in [-0.39, 0.29) is 12.2 Å². The zero-order chi connectivity index (χ0) is 20.7. The topological polar surface area (TPSA) is 73.6 Å². The predicted octanol–water partition coefficient (Wildman–Crippen LogP) is 4.38. The van der Waals surface area contributed by atoms with Crippen molar-refractivity contribution in [3.05, 3.63) is 87.3 Å². The van der Waals surface area contributed by atoms with Gasteiger partial charge in [-0.15, -0.1) is 0 Å². The quantitative estimate of drug-likeness (QED) is 0.322. The van der Waals surface area contributed by atoms with E-state index in [0.29, 0.717) is 16.2 Å². The van der Waals surface area contributed by atoms with E-state index in [2.05, 4.69) is 16.1 Å². The summed E-state index contributed by atoms with van der Waals surface area (Å²) in [5.74, 6) is -0.441. The van der Waals surface area contributed by atoms with Crippen LogP contribution < -0.4 is 5.56 Å². The lowest BCUT2D eigenvalue weighted by Crippen LogP contribution is -2.16. The van der Waals surface area contributed by atoms with Gasteiger partial charge in [0.1, 0.15) is 11.6 Å². The lowest BCUT2D eigenvalue weighted by Gasteiger charge is -2.11. The second kappa shape index (κ2) is 7.35. The molecule has 0 unspecified atom stereocenters. The van der Waals surface area contributed by atoms with Crippen molar-refractivity contribution >= 4 is 43.8 Å². The molecule has 0 amide bonds. The van der Waals surface area contributed by atoms with Crippen molar-refractivity contribution in [2.24, 2.45) is 0 Å². The van der Waals surface area contributed by atoms with E-state index in [4.69, 9.17) is 4.74 Å². The van der Waals surface area contributed by atoms with Gasteiger partial charge in [-0.05, 0) is 34.0 Å². The summed E-state index contributed by atoms with van der Waals surface area (Å²) in [6.45, 7) is 1.89. The molecule has 0 radical (unpaired) electrons. The smallest absolute Gasteiger partial charge is 0.339 e. The Morgan fingerprint density at radius 2 is 1.70 bits per heavy atom. The maximum Gasteiger partial charge on any atom is 0.339 e. The average Bonchev–Trinajstić information content (AvgIpc) is 3.20. The second-order valence-corrected chi connectivity index (χ2v) is 7.94. The van der Waals surface area contributed by atoms with E-state index in [1.165, 1.54) is 21.9 Å². The third kappa shape index (κ3) is 3.13. The van der Waals surface area contributed by atoms with Crippen LogP contribution in [0.25, 0.3) is 26.5 Å². The molecule has 7 heteroatoms. The van der Waals surface area contributed by atoms with Crippen molar-refractivity contribution < 1.29 is 9.53 Å². The zero-order valence-electron chi connectivity index (χ0n) is 16.2. The van der Waals surface area contributed by atoms with Crippen molar-refractivity contribution in [3.63, 3.8) is 0 Å². The van der Waals surface area contributed by atoms with E-state index < -0.39 is 5.97 Å². The SMILES string of the molecule is CCc1nn2c(=O)cc(COC(=O)c3c4ccccc4cc4ccccc34)nc2s1. The average molecular weight is 415 g/mol. The minimum Gasteiger partial charge on any atom is -0.456 e. The van der Waals surface area contributed by atoms with Crippen LogP contribution in [0.3, 0.4) is 0 Å². The number of ether oxygens (including phenoxy) is 1. The maximum absolute atomic E-state index is 13.1. The number of carbonyl (C=O) groups excluding carboxylic acids is 1. The van der Waals surface area contributed by atoms with Crippen molar-refractivity contribution in [3.8, 4) is 0 Å². The first-order chi connectivity index (χ1) is 14.6. The zero-order valence-corrected chi connectivity index (χ0v) is 17.0. The summed E-state index contributed by atoms with van der Waals surface area (Å²) in [6, 6.07) is 18.9. The van der Waals surface area contributed by atoms with E-state index >= 15 is 0 Å². The second-order valence-electron chi connectivity index (χ2n) is 6.90. The fraction of sp³-hybridized carbons (Fsp3) is 0.130. The number of rotatable bonds is 4. The number of fused-ring (bicyclic) bond motifs is 3. The molecule has 0 spiro atoms. The third-order valence-electron chi connectivity index (χ3n) is 4.97. The minimum absolute atomic E-state index is 0.0819. The molecule has 2 aromatic heterocycles. The van der Waals surface area contributed by atoms with Gasteiger partial charge in [-0.25, -0.2) is 9.78 Å². The summed E-state index contributed by atoms with van der Waals surface area (Å²) in [5.41, 5.74) is 0.648. The summed E-state index contributed by atoms with van der Waals surface area (Å²) in [5, 5.41) is 8.67. The molecule has 6 nitrogen and oxygen atoms in total. The van der Waals surface area contributed by atoms with E-state index in [1.807, 2.05) is 55.5 Å². The van der Waals surface area contributed by atoms with Gasteiger partial charge in [0.25, 0.3) is 5.56 Å². The first-order valence-corrected chi connectivity index (χ1v) is 10.4. The van der Waals surface area contributed by atoms with Gasteiger partial charge in [-0.1, -0.05) is 66.8 Å². The van der Waals surface area contributed by atoms with E-state index in [1.54, 1.807) is 0 Å². The molecule has 0 fully saturated rings. The minimum atomic E-state index is -0.441. The van der Waals surface area contributed by atoms with Crippen LogP contribution in [0.5, 0.6) is 0 Å². The molecular formula is C23H17N3O3S. The molecule has 2 heterocycles. The molecule has 5 rings (SSSR count). The molecule has 0 atom stereocenters. The van der Waals surface area contributed by atoms with E-state index in [0.717, 1.165) is 33.0 Å². The predicted molar refractivity (Wildman–Crippen MR) is 117 cm³/mol. The van der Waals surface area contributed by atoms with Crippen LogP contribution in [0.4, 0.5) is 0 Å². The number of aryl methyl sites for hydroxylation is 1. The summed E-state index contributed by atoms with van der Waals surface area (Å²) < 4.78 is 6.89. The Kier molecular flexibility index (Phi) is 4.52. The largest absolute Gasteiger partial charge is 0.456 e. The normalized spacial score (nSPS) is 11.4. The molecule has 3 aromatic carbocycles. The highest BCUT2D eigenvalue weighted by Crippen LogP contribution is 2.29. The number of aromatic nitrogens is 3. The monoisotopic (exact) mass is 415 g/mol. The highest BCUT2D eigenvalue weighted by molar-refractivity contribution is 7.16. The Balaban J connectivity index is 1.52. The summed E-state index contributed by atoms with van der Waals surface area (Å²) >= 11 is 1.36.